The Bertz CT molecular complexity index is 454. The van der Waals surface area contributed by atoms with Gasteiger partial charge < -0.3 is 4.98 Å². The molecule has 2 heterocycles. The minimum atomic E-state index is 0.622. The van der Waals surface area contributed by atoms with Gasteiger partial charge in [-0.2, -0.15) is 0 Å². The molecule has 2 nitrogen and oxygen atoms in total. The number of hydrogen-bond acceptors (Lipinski definition) is 3. The van der Waals surface area contributed by atoms with Crippen LogP contribution in [0.3, 0.4) is 0 Å². The molecule has 5 heteroatoms. The van der Waals surface area contributed by atoms with Crippen LogP contribution in [-0.2, 0) is 0 Å². The summed E-state index contributed by atoms with van der Waals surface area (Å²) in [6.45, 7) is 0. The van der Waals surface area contributed by atoms with E-state index in [2.05, 4.69) is 9.97 Å². The molecule has 0 aliphatic heterocycles. The monoisotopic (exact) mass is 228 g/mol. The highest BCUT2D eigenvalue weighted by atomic mass is 35.5. The van der Waals surface area contributed by atoms with Crippen LogP contribution in [0.4, 0.5) is 0 Å². The van der Waals surface area contributed by atoms with Crippen molar-refractivity contribution >= 4 is 35.2 Å². The summed E-state index contributed by atoms with van der Waals surface area (Å²) in [6.07, 6.45) is 3.38. The maximum Gasteiger partial charge on any atom is 0.121 e. The van der Waals surface area contributed by atoms with Crippen molar-refractivity contribution in [2.24, 2.45) is 0 Å². The van der Waals surface area contributed by atoms with E-state index in [4.69, 9.17) is 23.8 Å². The Morgan fingerprint density at radius 2 is 2.38 bits per heavy atom. The average Bonchev–Trinajstić information content (AvgIpc) is 2.53. The minimum Gasteiger partial charge on any atom is -0.350 e. The molecule has 0 saturated carbocycles. The highest BCUT2D eigenvalue weighted by molar-refractivity contribution is 7.71. The fourth-order valence-electron chi connectivity index (χ4n) is 0.943. The number of H-pyrrole nitrogens is 1. The van der Waals surface area contributed by atoms with Gasteiger partial charge in [-0.1, -0.05) is 23.8 Å². The van der Waals surface area contributed by atoms with Gasteiger partial charge in [-0.25, -0.2) is 0 Å². The lowest BCUT2D eigenvalue weighted by Crippen LogP contribution is -1.82. The Balaban J connectivity index is 2.53. The zero-order chi connectivity index (χ0) is 9.26. The Morgan fingerprint density at radius 1 is 1.54 bits per heavy atom. The molecular formula is C8H5ClN2S2. The molecule has 0 saturated heterocycles. The fraction of sp³-hybridized carbons (Fsp3) is 0. The number of halogens is 1. The molecule has 0 atom stereocenters. The maximum absolute atomic E-state index is 5.94. The van der Waals surface area contributed by atoms with Gasteiger partial charge in [0.05, 0.1) is 21.8 Å². The first-order valence-corrected chi connectivity index (χ1v) is 5.22. The van der Waals surface area contributed by atoms with E-state index in [0.717, 1.165) is 15.6 Å². The lowest BCUT2D eigenvalue weighted by molar-refractivity contribution is 1.19. The molecule has 2 aromatic heterocycles. The van der Waals surface area contributed by atoms with Crippen molar-refractivity contribution in [2.75, 3.05) is 0 Å². The van der Waals surface area contributed by atoms with Gasteiger partial charge in [0.1, 0.15) is 4.64 Å². The van der Waals surface area contributed by atoms with Gasteiger partial charge in [-0.15, -0.1) is 11.3 Å². The smallest absolute Gasteiger partial charge is 0.121 e. The summed E-state index contributed by atoms with van der Waals surface area (Å²) in [5.41, 5.74) is 0.827. The van der Waals surface area contributed by atoms with E-state index in [1.54, 1.807) is 23.7 Å². The first-order valence-electron chi connectivity index (χ1n) is 3.55. The van der Waals surface area contributed by atoms with Crippen LogP contribution < -0.4 is 0 Å². The second kappa shape index (κ2) is 3.57. The maximum atomic E-state index is 5.94. The normalized spacial score (nSPS) is 10.2. The molecule has 2 aromatic rings. The van der Waals surface area contributed by atoms with Crippen molar-refractivity contribution in [2.45, 2.75) is 0 Å². The molecule has 0 radical (unpaired) electrons. The zero-order valence-electron chi connectivity index (χ0n) is 6.45. The molecule has 0 aliphatic rings. The van der Waals surface area contributed by atoms with Crippen molar-refractivity contribution in [1.82, 2.24) is 9.97 Å². The molecule has 2 rings (SSSR count). The lowest BCUT2D eigenvalue weighted by atomic mass is 10.3. The van der Waals surface area contributed by atoms with Crippen LogP contribution >= 0.6 is 35.2 Å². The van der Waals surface area contributed by atoms with Crippen LogP contribution in [0.1, 0.15) is 0 Å². The van der Waals surface area contributed by atoms with Gasteiger partial charge in [0.25, 0.3) is 0 Å². The van der Waals surface area contributed by atoms with Crippen LogP contribution in [0.2, 0.25) is 5.02 Å². The quantitative estimate of drug-likeness (QED) is 0.757. The number of nitrogens with one attached hydrogen (secondary N) is 1. The molecule has 0 aromatic carbocycles. The SMILES string of the molecule is S=c1cnc(-c2sccc2Cl)c[nH]1. The summed E-state index contributed by atoms with van der Waals surface area (Å²) in [6, 6.07) is 1.85. The predicted octanol–water partition coefficient (Wildman–Crippen LogP) is 3.52. The van der Waals surface area contributed by atoms with E-state index >= 15 is 0 Å². The van der Waals surface area contributed by atoms with Gasteiger partial charge in [0.2, 0.25) is 0 Å². The molecule has 0 spiro atoms. The second-order valence-electron chi connectivity index (χ2n) is 2.39. The third-order valence-electron chi connectivity index (χ3n) is 1.52. The predicted molar refractivity (Wildman–Crippen MR) is 57.7 cm³/mol. The first-order chi connectivity index (χ1) is 6.27. The summed E-state index contributed by atoms with van der Waals surface area (Å²) in [7, 11) is 0. The van der Waals surface area contributed by atoms with Crippen molar-refractivity contribution in [3.8, 4) is 10.6 Å². The molecule has 13 heavy (non-hydrogen) atoms. The van der Waals surface area contributed by atoms with Crippen molar-refractivity contribution in [3.63, 3.8) is 0 Å². The molecule has 0 bridgehead atoms. The number of thiophene rings is 1. The molecule has 0 fully saturated rings. The van der Waals surface area contributed by atoms with Gasteiger partial charge in [-0.05, 0) is 11.4 Å². The number of aromatic nitrogens is 2. The molecule has 1 N–H and O–H groups in total. The van der Waals surface area contributed by atoms with E-state index in [1.807, 2.05) is 11.4 Å². The van der Waals surface area contributed by atoms with Crippen molar-refractivity contribution in [3.05, 3.63) is 33.5 Å². The molecule has 0 amide bonds. The zero-order valence-corrected chi connectivity index (χ0v) is 8.84. The minimum absolute atomic E-state index is 0.622. The Labute approximate surface area is 89.2 Å². The van der Waals surface area contributed by atoms with E-state index in [-0.39, 0.29) is 0 Å². The highest BCUT2D eigenvalue weighted by Gasteiger charge is 2.04. The largest absolute Gasteiger partial charge is 0.350 e. The van der Waals surface area contributed by atoms with Gasteiger partial charge in [0, 0.05) is 6.20 Å². The molecular weight excluding hydrogens is 224 g/mol. The van der Waals surface area contributed by atoms with E-state index in [1.165, 1.54) is 0 Å². The van der Waals surface area contributed by atoms with Gasteiger partial charge in [-0.3, -0.25) is 4.98 Å². The number of aromatic amines is 1. The Hall–Kier alpha value is -0.710. The summed E-state index contributed by atoms with van der Waals surface area (Å²) in [5, 5.41) is 2.66. The Morgan fingerprint density at radius 3 is 2.92 bits per heavy atom. The molecule has 0 aliphatic carbocycles. The lowest BCUT2D eigenvalue weighted by Gasteiger charge is -1.95. The van der Waals surface area contributed by atoms with E-state index in [9.17, 15) is 0 Å². The summed E-state index contributed by atoms with van der Waals surface area (Å²) < 4.78 is 0.622. The van der Waals surface area contributed by atoms with Crippen molar-refractivity contribution < 1.29 is 0 Å². The van der Waals surface area contributed by atoms with Gasteiger partial charge >= 0.3 is 0 Å². The third kappa shape index (κ3) is 1.80. The van der Waals surface area contributed by atoms with E-state index < -0.39 is 0 Å². The topological polar surface area (TPSA) is 28.7 Å². The number of nitrogens with zero attached hydrogens (tertiary/aromatic N) is 1. The Kier molecular flexibility index (Phi) is 2.44. The fourth-order valence-corrected chi connectivity index (χ4v) is 2.18. The van der Waals surface area contributed by atoms with Crippen LogP contribution in [0.15, 0.2) is 23.8 Å². The van der Waals surface area contributed by atoms with Crippen LogP contribution in [-0.4, -0.2) is 9.97 Å². The standard InChI is InChI=1S/C8H5ClN2S2/c9-5-1-2-13-8(5)6-3-11-7(12)4-10-6/h1-4H,(H,11,12). The van der Waals surface area contributed by atoms with Crippen LogP contribution in [0.5, 0.6) is 0 Å². The molecule has 66 valence electrons. The van der Waals surface area contributed by atoms with Crippen molar-refractivity contribution in [1.29, 1.82) is 0 Å². The summed E-state index contributed by atoms with van der Waals surface area (Å²) >= 11 is 12.4. The summed E-state index contributed by atoms with van der Waals surface area (Å²) in [5.74, 6) is 0. The average molecular weight is 229 g/mol. The summed E-state index contributed by atoms with van der Waals surface area (Å²) in [4.78, 5) is 8.05. The van der Waals surface area contributed by atoms with E-state index in [0.29, 0.717) is 4.64 Å². The number of rotatable bonds is 1. The highest BCUT2D eigenvalue weighted by Crippen LogP contribution is 2.30. The molecule has 0 unspecified atom stereocenters. The first kappa shape index (κ1) is 8.87. The van der Waals surface area contributed by atoms with Crippen LogP contribution in [0, 0.1) is 4.64 Å². The second-order valence-corrected chi connectivity index (χ2v) is 4.16. The van der Waals surface area contributed by atoms with Gasteiger partial charge in [0.15, 0.2) is 0 Å². The third-order valence-corrected chi connectivity index (χ3v) is 3.11. The number of hydrogen-bond donors (Lipinski definition) is 1. The van der Waals surface area contributed by atoms with Crippen LogP contribution in [0.25, 0.3) is 10.6 Å².